The Morgan fingerprint density at radius 2 is 1.71 bits per heavy atom. The van der Waals surface area contributed by atoms with Crippen LogP contribution in [-0.4, -0.2) is 92.9 Å². The lowest BCUT2D eigenvalue weighted by Crippen LogP contribution is -2.35. The molecule has 0 radical (unpaired) electrons. The average Bonchev–Trinajstić information content (AvgIpc) is 3.73. The second-order valence-corrected chi connectivity index (χ2v) is 13.0. The standard InChI is InChI=1S/C39H44F3N5O5/c1-44(37(48)30-22-34(49-2)36(51-4)35(23-30)50-3)25-29(28-9-7-10-31(21-28)39(40,41)42)13-17-45-15-8-16-46(19-18-45)38-43-32-11-5-6-12-33(32)47(38)24-27-14-20-52-26-27/h5-7,9-12,14,20-23,26,29H,8,13,15-19,24-25H2,1-4H3. The van der Waals surface area contributed by atoms with E-state index in [1.165, 1.54) is 33.5 Å². The van der Waals surface area contributed by atoms with Crippen molar-refractivity contribution in [1.29, 1.82) is 0 Å². The average molecular weight is 720 g/mol. The van der Waals surface area contributed by atoms with Gasteiger partial charge in [-0.15, -0.1) is 0 Å². The molecule has 52 heavy (non-hydrogen) atoms. The smallest absolute Gasteiger partial charge is 0.416 e. The molecule has 1 aliphatic rings. The first-order valence-electron chi connectivity index (χ1n) is 17.3. The van der Waals surface area contributed by atoms with Gasteiger partial charge in [0.15, 0.2) is 11.5 Å². The van der Waals surface area contributed by atoms with Crippen molar-refractivity contribution in [3.8, 4) is 17.2 Å². The molecule has 1 aliphatic heterocycles. The Labute approximate surface area is 301 Å². The number of para-hydroxylation sites is 2. The summed E-state index contributed by atoms with van der Waals surface area (Å²) in [5.74, 6) is 1.24. The topological polar surface area (TPSA) is 85.4 Å². The van der Waals surface area contributed by atoms with E-state index in [-0.39, 0.29) is 18.4 Å². The van der Waals surface area contributed by atoms with E-state index in [4.69, 9.17) is 23.6 Å². The highest BCUT2D eigenvalue weighted by molar-refractivity contribution is 5.95. The van der Waals surface area contributed by atoms with E-state index in [1.54, 1.807) is 42.7 Å². The number of likely N-dealkylation sites (N-methyl/N-ethyl adjacent to an activating group) is 1. The fourth-order valence-corrected chi connectivity index (χ4v) is 6.93. The minimum Gasteiger partial charge on any atom is -0.493 e. The molecule has 3 aromatic carbocycles. The SMILES string of the molecule is COc1cc(C(=O)N(C)CC(CCN2CCCN(c3nc4ccccc4n3Cc3ccoc3)CC2)c2cccc(C(F)(F)F)c2)cc(OC)c1OC. The van der Waals surface area contributed by atoms with Gasteiger partial charge in [0.1, 0.15) is 0 Å². The van der Waals surface area contributed by atoms with Crippen LogP contribution < -0.4 is 19.1 Å². The highest BCUT2D eigenvalue weighted by Crippen LogP contribution is 2.39. The number of fused-ring (bicyclic) bond motifs is 1. The monoisotopic (exact) mass is 719 g/mol. The summed E-state index contributed by atoms with van der Waals surface area (Å²) in [5.41, 5.74) is 3.16. The maximum Gasteiger partial charge on any atom is 0.416 e. The Kier molecular flexibility index (Phi) is 11.3. The molecule has 0 N–H and O–H groups in total. The van der Waals surface area contributed by atoms with Gasteiger partial charge in [-0.3, -0.25) is 4.79 Å². The third kappa shape index (κ3) is 8.14. The summed E-state index contributed by atoms with van der Waals surface area (Å²) in [7, 11) is 6.08. The molecule has 6 rings (SSSR count). The Balaban J connectivity index is 1.19. The first kappa shape index (κ1) is 36.6. The number of imidazole rings is 1. The van der Waals surface area contributed by atoms with Gasteiger partial charge in [-0.05, 0) is 67.9 Å². The molecule has 10 nitrogen and oxygen atoms in total. The second kappa shape index (κ2) is 16.0. The van der Waals surface area contributed by atoms with Crippen LogP contribution in [0.15, 0.2) is 83.7 Å². The lowest BCUT2D eigenvalue weighted by molar-refractivity contribution is -0.137. The van der Waals surface area contributed by atoms with Gasteiger partial charge >= 0.3 is 6.18 Å². The van der Waals surface area contributed by atoms with E-state index >= 15 is 0 Å². The van der Waals surface area contributed by atoms with Gasteiger partial charge in [0.25, 0.3) is 5.91 Å². The molecule has 276 valence electrons. The van der Waals surface area contributed by atoms with Crippen LogP contribution >= 0.6 is 0 Å². The van der Waals surface area contributed by atoms with Crippen molar-refractivity contribution in [3.05, 3.63) is 102 Å². The number of ether oxygens (including phenoxy) is 3. The van der Waals surface area contributed by atoms with Crippen LogP contribution in [0.5, 0.6) is 17.2 Å². The second-order valence-electron chi connectivity index (χ2n) is 13.0. The van der Waals surface area contributed by atoms with Crippen molar-refractivity contribution < 1.29 is 36.6 Å². The lowest BCUT2D eigenvalue weighted by atomic mass is 9.93. The molecule has 1 fully saturated rings. The minimum absolute atomic E-state index is 0.203. The van der Waals surface area contributed by atoms with Crippen LogP contribution in [0.3, 0.4) is 0 Å². The van der Waals surface area contributed by atoms with Gasteiger partial charge in [0.2, 0.25) is 11.7 Å². The molecule has 3 heterocycles. The number of hydrogen-bond donors (Lipinski definition) is 0. The largest absolute Gasteiger partial charge is 0.493 e. The number of amides is 1. The number of nitrogens with zero attached hydrogens (tertiary/aromatic N) is 5. The minimum atomic E-state index is -4.49. The predicted molar refractivity (Wildman–Crippen MR) is 193 cm³/mol. The van der Waals surface area contributed by atoms with Crippen molar-refractivity contribution in [2.45, 2.75) is 31.5 Å². The van der Waals surface area contributed by atoms with E-state index in [0.717, 1.165) is 61.2 Å². The first-order valence-corrected chi connectivity index (χ1v) is 17.3. The number of rotatable bonds is 13. The highest BCUT2D eigenvalue weighted by Gasteiger charge is 2.32. The van der Waals surface area contributed by atoms with Gasteiger partial charge in [-0.1, -0.05) is 30.3 Å². The lowest BCUT2D eigenvalue weighted by Gasteiger charge is -2.28. The van der Waals surface area contributed by atoms with Crippen LogP contribution in [0.25, 0.3) is 11.0 Å². The summed E-state index contributed by atoms with van der Waals surface area (Å²) in [4.78, 5) is 25.0. The number of aromatic nitrogens is 2. The molecule has 1 unspecified atom stereocenters. The van der Waals surface area contributed by atoms with Crippen LogP contribution in [0, 0.1) is 0 Å². The first-order chi connectivity index (χ1) is 25.1. The van der Waals surface area contributed by atoms with Crippen molar-refractivity contribution in [2.24, 2.45) is 0 Å². The Hall–Kier alpha value is -5.17. The number of methoxy groups -OCH3 is 3. The Morgan fingerprint density at radius 1 is 0.942 bits per heavy atom. The number of hydrogen-bond acceptors (Lipinski definition) is 8. The van der Waals surface area contributed by atoms with E-state index in [2.05, 4.69) is 20.4 Å². The molecule has 1 amide bonds. The summed E-state index contributed by atoms with van der Waals surface area (Å²) in [6, 6.07) is 18.6. The number of anilines is 1. The van der Waals surface area contributed by atoms with Crippen LogP contribution in [-0.2, 0) is 12.7 Å². The summed E-state index contributed by atoms with van der Waals surface area (Å²) >= 11 is 0. The van der Waals surface area contributed by atoms with Crippen molar-refractivity contribution in [1.82, 2.24) is 19.4 Å². The van der Waals surface area contributed by atoms with E-state index < -0.39 is 11.7 Å². The quantitative estimate of drug-likeness (QED) is 0.127. The van der Waals surface area contributed by atoms with Crippen molar-refractivity contribution in [2.75, 3.05) is 72.5 Å². The van der Waals surface area contributed by atoms with Crippen LogP contribution in [0.4, 0.5) is 19.1 Å². The summed E-state index contributed by atoms with van der Waals surface area (Å²) in [5, 5.41) is 0. The number of furan rings is 1. The summed E-state index contributed by atoms with van der Waals surface area (Å²) in [6.07, 6.45) is 0.377. The molecule has 5 aromatic rings. The Bertz CT molecular complexity index is 1940. The molecule has 1 atom stereocenters. The third-order valence-corrected chi connectivity index (χ3v) is 9.66. The maximum atomic E-state index is 13.8. The zero-order chi connectivity index (χ0) is 36.8. The van der Waals surface area contributed by atoms with Gasteiger partial charge in [-0.2, -0.15) is 13.2 Å². The molecular formula is C39H44F3N5O5. The summed E-state index contributed by atoms with van der Waals surface area (Å²) < 4.78 is 65.3. The van der Waals surface area contributed by atoms with Crippen molar-refractivity contribution >= 4 is 22.9 Å². The normalized spacial score (nSPS) is 14.6. The summed E-state index contributed by atoms with van der Waals surface area (Å²) in [6.45, 7) is 4.62. The van der Waals surface area contributed by atoms with Crippen LogP contribution in [0.1, 0.15) is 45.8 Å². The van der Waals surface area contributed by atoms with E-state index in [1.807, 2.05) is 24.3 Å². The predicted octanol–water partition coefficient (Wildman–Crippen LogP) is 7.18. The fourth-order valence-electron chi connectivity index (χ4n) is 6.93. The maximum absolute atomic E-state index is 13.8. The van der Waals surface area contributed by atoms with Crippen molar-refractivity contribution in [3.63, 3.8) is 0 Å². The molecular weight excluding hydrogens is 675 g/mol. The zero-order valence-corrected chi connectivity index (χ0v) is 29.9. The van der Waals surface area contributed by atoms with Gasteiger partial charge in [-0.25, -0.2) is 4.98 Å². The number of benzene rings is 3. The molecule has 2 aromatic heterocycles. The zero-order valence-electron chi connectivity index (χ0n) is 29.9. The Morgan fingerprint density at radius 3 is 2.40 bits per heavy atom. The highest BCUT2D eigenvalue weighted by atomic mass is 19.4. The molecule has 13 heteroatoms. The molecule has 0 spiro atoms. The van der Waals surface area contributed by atoms with Gasteiger partial charge < -0.3 is 37.9 Å². The fraction of sp³-hybridized carbons (Fsp3) is 0.385. The van der Waals surface area contributed by atoms with Gasteiger partial charge in [0, 0.05) is 50.3 Å². The van der Waals surface area contributed by atoms with Gasteiger partial charge in [0.05, 0.1) is 57.0 Å². The number of carbonyl (C=O) groups is 1. The molecule has 0 aliphatic carbocycles. The molecule has 0 saturated carbocycles. The van der Waals surface area contributed by atoms with E-state index in [0.29, 0.717) is 47.9 Å². The number of alkyl halides is 3. The van der Waals surface area contributed by atoms with Crippen LogP contribution in [0.2, 0.25) is 0 Å². The van der Waals surface area contributed by atoms with E-state index in [9.17, 15) is 18.0 Å². The molecule has 0 bridgehead atoms. The number of carbonyl (C=O) groups excluding carboxylic acids is 1. The third-order valence-electron chi connectivity index (χ3n) is 9.66. The molecule has 1 saturated heterocycles. The number of halogens is 3.